The Balaban J connectivity index is 1.74. The Hall–Kier alpha value is -3.29. The first-order chi connectivity index (χ1) is 20.9. The fraction of sp³-hybridized carbons (Fsp3) is 0.531. The summed E-state index contributed by atoms with van der Waals surface area (Å²) in [7, 11) is -1.38. The lowest BCUT2D eigenvalue weighted by Crippen LogP contribution is -2.61. The number of alkyl carbamates (subject to hydrolysis) is 1. The number of ketones is 1. The van der Waals surface area contributed by atoms with E-state index in [2.05, 4.69) is 10.6 Å². The van der Waals surface area contributed by atoms with Crippen LogP contribution in [0.15, 0.2) is 54.6 Å². The van der Waals surface area contributed by atoms with Gasteiger partial charge in [0.2, 0.25) is 10.3 Å². The zero-order valence-corrected chi connectivity index (χ0v) is 26.4. The minimum Gasteiger partial charge on any atom is -0.497 e. The highest BCUT2D eigenvalue weighted by Gasteiger charge is 2.48. The maximum atomic E-state index is 13.7. The van der Waals surface area contributed by atoms with Gasteiger partial charge in [0.15, 0.2) is 6.29 Å². The number of benzene rings is 2. The van der Waals surface area contributed by atoms with Crippen LogP contribution in [-0.2, 0) is 41.3 Å². The fourth-order valence-electron chi connectivity index (χ4n) is 5.64. The Morgan fingerprint density at radius 1 is 1.09 bits per heavy atom. The van der Waals surface area contributed by atoms with Crippen molar-refractivity contribution in [2.75, 3.05) is 26.9 Å². The second-order valence-corrected chi connectivity index (χ2v) is 13.1. The number of fused-ring (bicyclic) bond motifs is 1. The average Bonchev–Trinajstić information content (AvgIpc) is 3.61. The molecule has 4 rings (SSSR count). The van der Waals surface area contributed by atoms with Gasteiger partial charge >= 0.3 is 6.09 Å². The maximum Gasteiger partial charge on any atom is 0.408 e. The van der Waals surface area contributed by atoms with Crippen molar-refractivity contribution in [1.82, 2.24) is 10.6 Å². The van der Waals surface area contributed by atoms with E-state index in [1.54, 1.807) is 24.3 Å². The first kappa shape index (κ1) is 33.6. The third-order valence-corrected chi connectivity index (χ3v) is 9.02. The molecule has 2 aromatic rings. The molecular weight excluding hydrogens is 588 g/mol. The lowest BCUT2D eigenvalue weighted by atomic mass is 9.78. The predicted molar refractivity (Wildman–Crippen MR) is 164 cm³/mol. The summed E-state index contributed by atoms with van der Waals surface area (Å²) >= 11 is 0. The summed E-state index contributed by atoms with van der Waals surface area (Å²) in [6.07, 6.45) is -2.07. The van der Waals surface area contributed by atoms with Crippen molar-refractivity contribution in [1.29, 1.82) is 0 Å². The van der Waals surface area contributed by atoms with E-state index in [1.807, 2.05) is 44.2 Å². The van der Waals surface area contributed by atoms with Crippen LogP contribution in [0.5, 0.6) is 5.75 Å². The average molecular weight is 631 g/mol. The molecule has 3 unspecified atom stereocenters. The molecule has 44 heavy (non-hydrogen) atoms. The number of carbonyl (C=O) groups is 2. The summed E-state index contributed by atoms with van der Waals surface area (Å²) in [6.45, 7) is 6.13. The van der Waals surface area contributed by atoms with E-state index in [9.17, 15) is 23.1 Å². The van der Waals surface area contributed by atoms with Crippen LogP contribution in [0.2, 0.25) is 0 Å². The molecule has 0 aliphatic carbocycles. The number of carbonyl (C=O) groups excluding carboxylic acids is 2. The summed E-state index contributed by atoms with van der Waals surface area (Å²) < 4.78 is 47.8. The molecule has 2 aliphatic rings. The number of hydrogen-bond donors (Lipinski definition) is 3. The Labute approximate surface area is 259 Å². The molecular formula is C32H42N2O9S. The van der Waals surface area contributed by atoms with Gasteiger partial charge in [-0.3, -0.25) is 5.32 Å². The first-order valence-corrected chi connectivity index (χ1v) is 15.8. The Morgan fingerprint density at radius 3 is 2.43 bits per heavy atom. The lowest BCUT2D eigenvalue weighted by Gasteiger charge is -2.40. The maximum absolute atomic E-state index is 13.7. The fourth-order valence-corrected chi connectivity index (χ4v) is 6.22. The Kier molecular flexibility index (Phi) is 11.2. The highest BCUT2D eigenvalue weighted by molar-refractivity contribution is 7.73. The Bertz CT molecular complexity index is 1420. The molecule has 2 aromatic carbocycles. The van der Waals surface area contributed by atoms with Gasteiger partial charge < -0.3 is 34.2 Å². The van der Waals surface area contributed by atoms with Crippen LogP contribution in [0.1, 0.15) is 51.2 Å². The van der Waals surface area contributed by atoms with Gasteiger partial charge in [0.1, 0.15) is 34.3 Å². The highest BCUT2D eigenvalue weighted by atomic mass is 32.2. The molecule has 0 saturated carbocycles. The first-order valence-electron chi connectivity index (χ1n) is 14.7. The van der Waals surface area contributed by atoms with Crippen molar-refractivity contribution in [3.63, 3.8) is 0 Å². The SMILES string of the molecule is COc1ccc([C@](Cc2ccccc2)(NC(=O)OC2COC3OCCC23)[C@@H](O)C(NCC(C)(C)CCC(C)=O)=S(=O)=O)cc1. The number of hydrogen-bond acceptors (Lipinski definition) is 9. The molecule has 0 aromatic heterocycles. The van der Waals surface area contributed by atoms with Crippen LogP contribution >= 0.6 is 0 Å². The van der Waals surface area contributed by atoms with E-state index >= 15 is 0 Å². The van der Waals surface area contributed by atoms with E-state index in [0.717, 1.165) is 5.56 Å². The number of aliphatic hydroxyl groups excluding tert-OH is 1. The number of methoxy groups -OCH3 is 1. The summed E-state index contributed by atoms with van der Waals surface area (Å²) in [5, 5.41) is 17.9. The number of ether oxygens (including phenoxy) is 4. The van der Waals surface area contributed by atoms with Crippen LogP contribution in [0.3, 0.4) is 0 Å². The molecule has 5 atom stereocenters. The smallest absolute Gasteiger partial charge is 0.408 e. The number of rotatable bonds is 13. The van der Waals surface area contributed by atoms with Crippen LogP contribution in [0.25, 0.3) is 0 Å². The monoisotopic (exact) mass is 630 g/mol. The molecule has 0 radical (unpaired) electrons. The van der Waals surface area contributed by atoms with Gasteiger partial charge in [-0.05, 0) is 48.4 Å². The van der Waals surface area contributed by atoms with E-state index < -0.39 is 50.8 Å². The second kappa shape index (κ2) is 14.7. The topological polar surface area (TPSA) is 149 Å². The van der Waals surface area contributed by atoms with Gasteiger partial charge in [0.05, 0.1) is 26.2 Å². The molecule has 0 bridgehead atoms. The quantitative estimate of drug-likeness (QED) is 0.282. The molecule has 3 N–H and O–H groups in total. The summed E-state index contributed by atoms with van der Waals surface area (Å²) in [5.41, 5.74) is -1.03. The minimum absolute atomic E-state index is 0.0167. The van der Waals surface area contributed by atoms with Gasteiger partial charge in [0, 0.05) is 19.4 Å². The predicted octanol–water partition coefficient (Wildman–Crippen LogP) is 2.98. The van der Waals surface area contributed by atoms with Gasteiger partial charge in [-0.25, -0.2) is 4.79 Å². The minimum atomic E-state index is -2.90. The zero-order chi connectivity index (χ0) is 31.9. The van der Waals surface area contributed by atoms with E-state index in [0.29, 0.717) is 37.2 Å². The molecule has 2 heterocycles. The van der Waals surface area contributed by atoms with Crippen molar-refractivity contribution < 1.29 is 42.1 Å². The van der Waals surface area contributed by atoms with Gasteiger partial charge in [-0.2, -0.15) is 8.42 Å². The third kappa shape index (κ3) is 8.24. The van der Waals surface area contributed by atoms with Crippen molar-refractivity contribution in [2.45, 2.75) is 70.5 Å². The van der Waals surface area contributed by atoms with Gasteiger partial charge in [0.25, 0.3) is 0 Å². The highest BCUT2D eigenvalue weighted by Crippen LogP contribution is 2.35. The number of Topliss-reactive ketones (excluding diaryl/α,β-unsaturated/α-hetero) is 1. The standard InChI is InChI=1S/C32H42N2O9S/c1-21(35)14-16-31(2,3)20-33-28(44(38)39)27(36)32(18-22-8-6-5-7-9-22,23-10-12-24(40-4)13-11-23)34-30(37)43-26-19-42-29-25(26)15-17-41-29/h5-13,25-27,29,33,36H,14-20H2,1-4H3,(H,34,37)/t25?,26?,27-,29?,32-/m0/s1. The van der Waals surface area contributed by atoms with Gasteiger partial charge in [-0.1, -0.05) is 56.3 Å². The molecule has 2 fully saturated rings. The van der Waals surface area contributed by atoms with Gasteiger partial charge in [-0.15, -0.1) is 0 Å². The van der Waals surface area contributed by atoms with Crippen LogP contribution in [-0.4, -0.2) is 75.8 Å². The largest absolute Gasteiger partial charge is 0.497 e. The van der Waals surface area contributed by atoms with Crippen LogP contribution in [0, 0.1) is 11.3 Å². The third-order valence-electron chi connectivity index (χ3n) is 8.29. The van der Waals surface area contributed by atoms with Crippen molar-refractivity contribution >= 4 is 27.2 Å². The normalized spacial score (nSPS) is 21.5. The molecule has 2 saturated heterocycles. The van der Waals surface area contributed by atoms with Crippen molar-refractivity contribution in [3.05, 3.63) is 65.7 Å². The zero-order valence-electron chi connectivity index (χ0n) is 25.6. The molecule has 240 valence electrons. The molecule has 2 aliphatic heterocycles. The molecule has 1 amide bonds. The summed E-state index contributed by atoms with van der Waals surface area (Å²) in [5.74, 6) is 0.448. The van der Waals surface area contributed by atoms with Crippen LogP contribution < -0.4 is 15.4 Å². The summed E-state index contributed by atoms with van der Waals surface area (Å²) in [4.78, 5) is 24.9. The molecule has 0 spiro atoms. The number of nitrogens with one attached hydrogen (secondary N) is 2. The van der Waals surface area contributed by atoms with E-state index in [1.165, 1.54) is 14.0 Å². The van der Waals surface area contributed by atoms with Crippen molar-refractivity contribution in [2.24, 2.45) is 11.3 Å². The molecule has 11 nitrogen and oxygen atoms in total. The van der Waals surface area contributed by atoms with Crippen LogP contribution in [0.4, 0.5) is 4.79 Å². The second-order valence-electron chi connectivity index (χ2n) is 12.2. The van der Waals surface area contributed by atoms with E-state index in [-0.39, 0.29) is 31.3 Å². The summed E-state index contributed by atoms with van der Waals surface area (Å²) in [6, 6.07) is 15.8. The van der Waals surface area contributed by atoms with E-state index in [4.69, 9.17) is 18.9 Å². The Morgan fingerprint density at radius 2 is 1.80 bits per heavy atom. The lowest BCUT2D eigenvalue weighted by molar-refractivity contribution is -0.117. The molecule has 12 heteroatoms. The number of aliphatic hydroxyl groups is 1. The number of amides is 1. The van der Waals surface area contributed by atoms with Crippen molar-refractivity contribution in [3.8, 4) is 5.75 Å².